The van der Waals surface area contributed by atoms with Gasteiger partial charge in [-0.05, 0) is 61.5 Å². The normalized spacial score (nSPS) is 22.0. The van der Waals surface area contributed by atoms with Crippen LogP contribution in [-0.2, 0) is 5.72 Å². The van der Waals surface area contributed by atoms with Crippen LogP contribution in [0.15, 0.2) is 48.5 Å². The van der Waals surface area contributed by atoms with Gasteiger partial charge in [-0.2, -0.15) is 0 Å². The molecule has 2 heterocycles. The zero-order valence-electron chi connectivity index (χ0n) is 15.7. The topological polar surface area (TPSA) is 44.9 Å². The summed E-state index contributed by atoms with van der Waals surface area (Å²) in [6.45, 7) is 3.90. The van der Waals surface area contributed by atoms with Crippen LogP contribution in [0.25, 0.3) is 0 Å². The van der Waals surface area contributed by atoms with Gasteiger partial charge in [0.25, 0.3) is 5.72 Å². The molecule has 0 bridgehead atoms. The monoisotopic (exact) mass is 385 g/mol. The van der Waals surface area contributed by atoms with Crippen LogP contribution in [0.3, 0.4) is 0 Å². The number of hydrogen-bond acceptors (Lipinski definition) is 5. The van der Waals surface area contributed by atoms with Crippen LogP contribution in [0, 0.1) is 0 Å². The highest BCUT2D eigenvalue weighted by Crippen LogP contribution is 2.40. The van der Waals surface area contributed by atoms with Gasteiger partial charge in [-0.3, -0.25) is 0 Å². The van der Waals surface area contributed by atoms with Crippen LogP contribution in [-0.4, -0.2) is 47.4 Å². The maximum absolute atomic E-state index is 11.7. The van der Waals surface area contributed by atoms with Crippen LogP contribution in [0.1, 0.15) is 18.9 Å². The highest BCUT2D eigenvalue weighted by Gasteiger charge is 2.53. The van der Waals surface area contributed by atoms with E-state index in [1.54, 1.807) is 18.9 Å². The zero-order chi connectivity index (χ0) is 18.9. The van der Waals surface area contributed by atoms with E-state index in [0.717, 1.165) is 46.6 Å². The summed E-state index contributed by atoms with van der Waals surface area (Å²) in [6, 6.07) is 15.8. The first-order valence-corrected chi connectivity index (χ1v) is 10.3. The number of amidine groups is 1. The Kier molecular flexibility index (Phi) is 5.02. The van der Waals surface area contributed by atoms with Crippen LogP contribution in [0.2, 0.25) is 0 Å². The largest absolute Gasteiger partial charge is 0.497 e. The number of thioether (sulfide) groups is 1. The third-order valence-corrected chi connectivity index (χ3v) is 6.24. The molecule has 0 spiro atoms. The first-order chi connectivity index (χ1) is 13.2. The quantitative estimate of drug-likeness (QED) is 0.801. The Morgan fingerprint density at radius 2 is 1.96 bits per heavy atom. The van der Waals surface area contributed by atoms with Gasteiger partial charge < -0.3 is 14.6 Å². The van der Waals surface area contributed by atoms with E-state index in [1.807, 2.05) is 49.4 Å². The van der Waals surface area contributed by atoms with Gasteiger partial charge >= 0.3 is 5.17 Å². The average molecular weight is 386 g/mol. The van der Waals surface area contributed by atoms with E-state index in [-0.39, 0.29) is 0 Å². The van der Waals surface area contributed by atoms with Crippen molar-refractivity contribution < 1.29 is 19.2 Å². The van der Waals surface area contributed by atoms with Crippen molar-refractivity contribution in [3.05, 3.63) is 54.1 Å². The molecule has 2 aromatic carbocycles. The van der Waals surface area contributed by atoms with Crippen molar-refractivity contribution in [2.24, 2.45) is 0 Å². The molecule has 6 heteroatoms. The molecule has 2 aliphatic heterocycles. The van der Waals surface area contributed by atoms with Crippen LogP contribution >= 0.6 is 11.8 Å². The van der Waals surface area contributed by atoms with Crippen molar-refractivity contribution in [2.45, 2.75) is 19.1 Å². The summed E-state index contributed by atoms with van der Waals surface area (Å²) in [4.78, 5) is 2.19. The summed E-state index contributed by atoms with van der Waals surface area (Å²) in [5.41, 5.74) is 0.798. The third-order valence-electron chi connectivity index (χ3n) is 5.05. The zero-order valence-corrected chi connectivity index (χ0v) is 16.5. The number of β-amino-alcohol motifs (C(OH)–C–C–N with tert-alkyl or cyclic N) is 1. The Bertz CT molecular complexity index is 853. The Morgan fingerprint density at radius 3 is 2.70 bits per heavy atom. The van der Waals surface area contributed by atoms with Crippen molar-refractivity contribution >= 4 is 22.6 Å². The fourth-order valence-electron chi connectivity index (χ4n) is 3.75. The van der Waals surface area contributed by atoms with Crippen molar-refractivity contribution in [1.29, 1.82) is 0 Å². The molecule has 0 fully saturated rings. The summed E-state index contributed by atoms with van der Waals surface area (Å²) in [7, 11) is 1.65. The summed E-state index contributed by atoms with van der Waals surface area (Å²) in [5.74, 6) is 2.69. The summed E-state index contributed by atoms with van der Waals surface area (Å²) in [6.07, 6.45) is 1.05. The fraction of sp³-hybridized carbons (Fsp3) is 0.381. The van der Waals surface area contributed by atoms with Crippen LogP contribution in [0.4, 0.5) is 5.69 Å². The van der Waals surface area contributed by atoms with E-state index in [4.69, 9.17) is 9.47 Å². The van der Waals surface area contributed by atoms with E-state index < -0.39 is 5.72 Å². The molecule has 4 rings (SSSR count). The molecule has 0 amide bonds. The minimum absolute atomic E-state index is 0.464. The first-order valence-electron chi connectivity index (χ1n) is 9.31. The first kappa shape index (κ1) is 18.2. The number of ether oxygens (including phenoxy) is 2. The molecule has 1 N–H and O–H groups in total. The van der Waals surface area contributed by atoms with E-state index >= 15 is 0 Å². The standard InChI is InChI=1S/C21H25N2O3S/c1-3-26-19-8-5-4-7-18(19)22-15-21(24,23-13-6-14-27-20(22)23)16-9-11-17(25-2)12-10-16/h4-5,7-12,24H,3,6,13-15H2,1-2H3/q+1/t21-/m1/s1. The maximum atomic E-state index is 11.7. The van der Waals surface area contributed by atoms with Gasteiger partial charge in [-0.1, -0.05) is 12.1 Å². The van der Waals surface area contributed by atoms with E-state index in [2.05, 4.69) is 15.5 Å². The number of rotatable bonds is 5. The molecule has 0 saturated carbocycles. The van der Waals surface area contributed by atoms with Gasteiger partial charge in [0.1, 0.15) is 5.75 Å². The molecule has 5 nitrogen and oxygen atoms in total. The Labute approximate surface area is 164 Å². The smallest absolute Gasteiger partial charge is 0.316 e. The van der Waals surface area contributed by atoms with Crippen molar-refractivity contribution in [3.63, 3.8) is 0 Å². The molecule has 142 valence electrons. The molecule has 0 saturated heterocycles. The Balaban J connectivity index is 1.77. The van der Waals surface area contributed by atoms with E-state index in [9.17, 15) is 5.11 Å². The molecule has 0 aliphatic carbocycles. The molecule has 0 unspecified atom stereocenters. The second-order valence-electron chi connectivity index (χ2n) is 6.67. The number of methoxy groups -OCH3 is 1. The number of aliphatic hydroxyl groups is 1. The van der Waals surface area contributed by atoms with Crippen LogP contribution < -0.4 is 14.4 Å². The van der Waals surface area contributed by atoms with Gasteiger partial charge in [-0.25, -0.2) is 9.48 Å². The highest BCUT2D eigenvalue weighted by molar-refractivity contribution is 8.13. The molecule has 1 atom stereocenters. The van der Waals surface area contributed by atoms with E-state index in [0.29, 0.717) is 13.2 Å². The van der Waals surface area contributed by atoms with Gasteiger partial charge in [0.15, 0.2) is 18.0 Å². The number of benzene rings is 2. The molecule has 27 heavy (non-hydrogen) atoms. The predicted octanol–water partition coefficient (Wildman–Crippen LogP) is 3.26. The number of nitrogens with zero attached hydrogens (tertiary/aromatic N) is 2. The van der Waals surface area contributed by atoms with Gasteiger partial charge in [0.2, 0.25) is 0 Å². The lowest BCUT2D eigenvalue weighted by molar-refractivity contribution is -0.656. The third kappa shape index (κ3) is 3.17. The lowest BCUT2D eigenvalue weighted by Crippen LogP contribution is -2.41. The SMILES string of the molecule is CCOc1ccccc1N1C[C@@](O)(c2ccc(OC)cc2)[N+]2=C1SCCC2. The second-order valence-corrected chi connectivity index (χ2v) is 7.73. The van der Waals surface area contributed by atoms with Gasteiger partial charge in [0.05, 0.1) is 20.3 Å². The van der Waals surface area contributed by atoms with Gasteiger partial charge in [0, 0.05) is 11.3 Å². The average Bonchev–Trinajstić information content (AvgIpc) is 3.03. The number of hydrogen-bond donors (Lipinski definition) is 1. The van der Waals surface area contributed by atoms with Gasteiger partial charge in [-0.15, -0.1) is 0 Å². The molecule has 2 aliphatic rings. The van der Waals surface area contributed by atoms with Crippen molar-refractivity contribution in [2.75, 3.05) is 37.5 Å². The molecular weight excluding hydrogens is 360 g/mol. The minimum atomic E-state index is -1.08. The minimum Gasteiger partial charge on any atom is -0.497 e. The molecule has 2 aromatic rings. The van der Waals surface area contributed by atoms with Crippen molar-refractivity contribution in [3.8, 4) is 11.5 Å². The molecule has 0 aromatic heterocycles. The molecule has 0 radical (unpaired) electrons. The van der Waals surface area contributed by atoms with Crippen molar-refractivity contribution in [1.82, 2.24) is 0 Å². The summed E-state index contributed by atoms with van der Waals surface area (Å²) >= 11 is 1.80. The highest BCUT2D eigenvalue weighted by atomic mass is 32.2. The summed E-state index contributed by atoms with van der Waals surface area (Å²) < 4.78 is 13.3. The predicted molar refractivity (Wildman–Crippen MR) is 109 cm³/mol. The lowest BCUT2D eigenvalue weighted by atomic mass is 10.0. The van der Waals surface area contributed by atoms with Crippen LogP contribution in [0.5, 0.6) is 11.5 Å². The Hall–Kier alpha value is -2.18. The summed E-state index contributed by atoms with van der Waals surface area (Å²) in [5, 5.41) is 12.8. The number of anilines is 1. The fourth-order valence-corrected chi connectivity index (χ4v) is 4.92. The lowest BCUT2D eigenvalue weighted by Gasteiger charge is -2.24. The maximum Gasteiger partial charge on any atom is 0.316 e. The second kappa shape index (κ2) is 7.44. The number of para-hydroxylation sites is 2. The Morgan fingerprint density at radius 1 is 1.19 bits per heavy atom. The molecular formula is C21H25N2O3S+. The van der Waals surface area contributed by atoms with E-state index in [1.165, 1.54) is 0 Å².